The van der Waals surface area contributed by atoms with E-state index in [0.717, 1.165) is 35.5 Å². The summed E-state index contributed by atoms with van der Waals surface area (Å²) < 4.78 is 41.1. The Hall–Kier alpha value is -3.94. The van der Waals surface area contributed by atoms with Crippen molar-refractivity contribution in [1.82, 2.24) is 9.38 Å². The first-order valence-electron chi connectivity index (χ1n) is 11.9. The van der Waals surface area contributed by atoms with E-state index >= 15 is 0 Å². The van der Waals surface area contributed by atoms with Crippen molar-refractivity contribution in [3.05, 3.63) is 88.4 Å². The zero-order chi connectivity index (χ0) is 25.4. The molecule has 0 fully saturated rings. The van der Waals surface area contributed by atoms with Crippen LogP contribution in [0.2, 0.25) is 0 Å². The third-order valence-electron chi connectivity index (χ3n) is 6.63. The number of ketones is 1. The summed E-state index contributed by atoms with van der Waals surface area (Å²) in [4.78, 5) is 18.2. The van der Waals surface area contributed by atoms with Crippen LogP contribution in [0, 0.1) is 25.5 Å². The molecule has 1 aliphatic heterocycles. The van der Waals surface area contributed by atoms with Crippen LogP contribution < -0.4 is 14.8 Å². The molecule has 1 aliphatic rings. The van der Waals surface area contributed by atoms with E-state index in [4.69, 9.17) is 9.47 Å². The second kappa shape index (κ2) is 9.60. The molecule has 5 rings (SSSR count). The number of ether oxygens (including phenoxy) is 2. The van der Waals surface area contributed by atoms with Crippen LogP contribution in [-0.4, -0.2) is 28.8 Å². The van der Waals surface area contributed by atoms with Gasteiger partial charge in [-0.1, -0.05) is 6.07 Å². The highest BCUT2D eigenvalue weighted by molar-refractivity contribution is 5.97. The summed E-state index contributed by atoms with van der Waals surface area (Å²) in [6.07, 6.45) is 2.98. The summed E-state index contributed by atoms with van der Waals surface area (Å²) in [6.45, 7) is 4.15. The number of carbonyl (C=O) groups is 1. The summed E-state index contributed by atoms with van der Waals surface area (Å²) in [5, 5.41) is 3.39. The van der Waals surface area contributed by atoms with Gasteiger partial charge in [-0.3, -0.25) is 9.20 Å². The molecule has 0 amide bonds. The van der Waals surface area contributed by atoms with Crippen molar-refractivity contribution in [2.75, 3.05) is 19.0 Å². The Bertz CT molecular complexity index is 1440. The van der Waals surface area contributed by atoms with E-state index in [9.17, 15) is 13.6 Å². The maximum atomic E-state index is 14.1. The number of imidazole rings is 1. The van der Waals surface area contributed by atoms with Gasteiger partial charge in [0.1, 0.15) is 29.7 Å². The smallest absolute Gasteiger partial charge is 0.182 e. The van der Waals surface area contributed by atoms with Gasteiger partial charge in [0.05, 0.1) is 18.4 Å². The number of pyridine rings is 1. The number of aromatic nitrogens is 2. The first-order valence-corrected chi connectivity index (χ1v) is 11.9. The Kier molecular flexibility index (Phi) is 6.35. The molecule has 6 nitrogen and oxygen atoms in total. The number of carbonyl (C=O) groups excluding carboxylic acids is 1. The van der Waals surface area contributed by atoms with E-state index in [-0.39, 0.29) is 23.9 Å². The Morgan fingerprint density at radius 3 is 2.69 bits per heavy atom. The van der Waals surface area contributed by atoms with Gasteiger partial charge >= 0.3 is 0 Å². The largest absolute Gasteiger partial charge is 0.497 e. The van der Waals surface area contributed by atoms with E-state index in [1.54, 1.807) is 24.5 Å². The fraction of sp³-hybridized carbons (Fsp3) is 0.286. The van der Waals surface area contributed by atoms with Gasteiger partial charge in [0.15, 0.2) is 17.2 Å². The highest BCUT2D eigenvalue weighted by atomic mass is 19.1. The van der Waals surface area contributed by atoms with Gasteiger partial charge in [-0.15, -0.1) is 0 Å². The Morgan fingerprint density at radius 2 is 1.94 bits per heavy atom. The molecule has 186 valence electrons. The molecule has 0 saturated carbocycles. The van der Waals surface area contributed by atoms with Crippen molar-refractivity contribution in [3.8, 4) is 11.5 Å². The van der Waals surface area contributed by atoms with Crippen LogP contribution in [0.25, 0.3) is 5.65 Å². The van der Waals surface area contributed by atoms with Crippen LogP contribution in [0.4, 0.5) is 14.5 Å². The number of rotatable bonds is 7. The quantitative estimate of drug-likeness (QED) is 0.322. The molecule has 0 saturated heterocycles. The number of aryl methyl sites for hydroxylation is 2. The van der Waals surface area contributed by atoms with Gasteiger partial charge in [0.2, 0.25) is 0 Å². The molecule has 0 radical (unpaired) electrons. The minimum absolute atomic E-state index is 0.0302. The third-order valence-corrected chi connectivity index (χ3v) is 6.63. The molecule has 1 atom stereocenters. The molecule has 0 aliphatic carbocycles. The summed E-state index contributed by atoms with van der Waals surface area (Å²) in [6, 6.07) is 11.3. The molecule has 4 aromatic rings. The first kappa shape index (κ1) is 23.8. The standard InChI is InChI=1S/C28H27F2N3O3/c1-16-11-26(36-15-21-22(29)5-4-6-23(21)30)28-32-17(2)27(33(28)14-16)25(34)12-18-9-10-31-24-8-7-19(35-3)13-20(18)24/h4-8,11,13-14,18,31H,9-10,12,15H2,1-3H3. The fourth-order valence-corrected chi connectivity index (χ4v) is 4.86. The highest BCUT2D eigenvalue weighted by Crippen LogP contribution is 2.37. The highest BCUT2D eigenvalue weighted by Gasteiger charge is 2.27. The lowest BCUT2D eigenvalue weighted by Crippen LogP contribution is -2.20. The molecular formula is C28H27F2N3O3. The molecule has 0 bridgehead atoms. The Balaban J connectivity index is 1.45. The van der Waals surface area contributed by atoms with Gasteiger partial charge in [0.25, 0.3) is 0 Å². The van der Waals surface area contributed by atoms with Gasteiger partial charge < -0.3 is 14.8 Å². The van der Waals surface area contributed by atoms with Crippen molar-refractivity contribution in [3.63, 3.8) is 0 Å². The van der Waals surface area contributed by atoms with Gasteiger partial charge in [-0.2, -0.15) is 0 Å². The topological polar surface area (TPSA) is 64.9 Å². The number of hydrogen-bond donors (Lipinski definition) is 1. The number of hydrogen-bond acceptors (Lipinski definition) is 5. The number of nitrogens with zero attached hydrogens (tertiary/aromatic N) is 2. The molecule has 1 N–H and O–H groups in total. The molecule has 36 heavy (non-hydrogen) atoms. The predicted molar refractivity (Wildman–Crippen MR) is 133 cm³/mol. The van der Waals surface area contributed by atoms with Crippen molar-refractivity contribution in [2.24, 2.45) is 0 Å². The van der Waals surface area contributed by atoms with E-state index in [1.165, 1.54) is 18.2 Å². The van der Waals surface area contributed by atoms with Crippen molar-refractivity contribution < 1.29 is 23.0 Å². The third kappa shape index (κ3) is 4.39. The number of Topliss-reactive ketones (excluding diaryl/α,β-unsaturated/α-hetero) is 1. The molecule has 2 aromatic carbocycles. The zero-order valence-electron chi connectivity index (χ0n) is 20.4. The van der Waals surface area contributed by atoms with Crippen LogP contribution in [0.15, 0.2) is 48.7 Å². The molecule has 2 aromatic heterocycles. The number of methoxy groups -OCH3 is 1. The maximum Gasteiger partial charge on any atom is 0.182 e. The van der Waals surface area contributed by atoms with Crippen LogP contribution in [0.5, 0.6) is 11.5 Å². The normalized spacial score (nSPS) is 14.9. The average Bonchev–Trinajstić information content (AvgIpc) is 3.19. The lowest BCUT2D eigenvalue weighted by Gasteiger charge is -2.26. The van der Waals surface area contributed by atoms with Gasteiger partial charge in [-0.25, -0.2) is 13.8 Å². The van der Waals surface area contributed by atoms with Crippen LogP contribution >= 0.6 is 0 Å². The van der Waals surface area contributed by atoms with Crippen LogP contribution in [0.3, 0.4) is 0 Å². The van der Waals surface area contributed by atoms with Crippen molar-refractivity contribution in [1.29, 1.82) is 0 Å². The van der Waals surface area contributed by atoms with E-state index < -0.39 is 11.6 Å². The minimum Gasteiger partial charge on any atom is -0.497 e. The molecule has 3 heterocycles. The number of halogens is 2. The number of benzene rings is 2. The van der Waals surface area contributed by atoms with Gasteiger partial charge in [-0.05, 0) is 73.7 Å². The molecule has 8 heteroatoms. The minimum atomic E-state index is -0.673. The average molecular weight is 492 g/mol. The maximum absolute atomic E-state index is 14.1. The monoisotopic (exact) mass is 491 g/mol. The second-order valence-electron chi connectivity index (χ2n) is 9.10. The van der Waals surface area contributed by atoms with Gasteiger partial charge in [0, 0.05) is 24.8 Å². The zero-order valence-corrected chi connectivity index (χ0v) is 20.4. The Morgan fingerprint density at radius 1 is 1.17 bits per heavy atom. The number of anilines is 1. The van der Waals surface area contributed by atoms with Crippen LogP contribution in [-0.2, 0) is 6.61 Å². The van der Waals surface area contributed by atoms with Crippen molar-refractivity contribution in [2.45, 2.75) is 39.2 Å². The molecule has 1 unspecified atom stereocenters. The second-order valence-corrected chi connectivity index (χ2v) is 9.10. The summed E-state index contributed by atoms with van der Waals surface area (Å²) in [5.41, 5.74) is 4.25. The summed E-state index contributed by atoms with van der Waals surface area (Å²) in [5.74, 6) is -0.224. The molecular weight excluding hydrogens is 464 g/mol. The summed E-state index contributed by atoms with van der Waals surface area (Å²) >= 11 is 0. The van der Waals surface area contributed by atoms with Crippen LogP contribution in [0.1, 0.15) is 51.6 Å². The van der Waals surface area contributed by atoms with Crippen molar-refractivity contribution >= 4 is 17.1 Å². The summed E-state index contributed by atoms with van der Waals surface area (Å²) in [7, 11) is 1.63. The SMILES string of the molecule is COc1ccc2c(c1)C(CC(=O)c1c(C)nc3c(OCc4c(F)cccc4F)cc(C)cn13)CCN2. The lowest BCUT2D eigenvalue weighted by molar-refractivity contribution is 0.0966. The van der Waals surface area contributed by atoms with E-state index in [2.05, 4.69) is 10.3 Å². The molecule has 0 spiro atoms. The number of fused-ring (bicyclic) bond motifs is 2. The predicted octanol–water partition coefficient (Wildman–Crippen LogP) is 5.99. The Labute approximate surface area is 207 Å². The number of nitrogens with one attached hydrogen (secondary N) is 1. The fourth-order valence-electron chi connectivity index (χ4n) is 4.86. The van der Waals surface area contributed by atoms with E-state index in [0.29, 0.717) is 29.2 Å². The first-order chi connectivity index (χ1) is 17.4. The van der Waals surface area contributed by atoms with E-state index in [1.807, 2.05) is 31.3 Å². The lowest BCUT2D eigenvalue weighted by atomic mass is 9.86.